The number of aryl methyl sites for hydroxylation is 1. The highest BCUT2D eigenvalue weighted by molar-refractivity contribution is 6.74. The highest BCUT2D eigenvalue weighted by Crippen LogP contribution is 2.49. The molecule has 0 saturated heterocycles. The summed E-state index contributed by atoms with van der Waals surface area (Å²) in [6.45, 7) is 20.0. The van der Waals surface area contributed by atoms with Crippen LogP contribution >= 0.6 is 0 Å². The van der Waals surface area contributed by atoms with Crippen LogP contribution in [0.25, 0.3) is 0 Å². The van der Waals surface area contributed by atoms with E-state index >= 15 is 0 Å². The van der Waals surface area contributed by atoms with E-state index in [1.54, 1.807) is 0 Å². The molecular weight excluding hydrogens is 529 g/mol. The first-order valence-electron chi connectivity index (χ1n) is 14.4. The van der Waals surface area contributed by atoms with Gasteiger partial charge in [0.1, 0.15) is 11.8 Å². The number of allylic oxidation sites excluding steroid dienone is 2. The zero-order valence-electron chi connectivity index (χ0n) is 25.5. The zero-order valence-corrected chi connectivity index (χ0v) is 26.5. The molecule has 2 aliphatic carbocycles. The number of aromatic nitrogens is 2. The molecule has 1 unspecified atom stereocenters. The molecule has 0 amide bonds. The molecule has 2 aromatic heterocycles. The Morgan fingerprint density at radius 3 is 2.35 bits per heavy atom. The molecule has 0 spiro atoms. The fraction of sp³-hybridized carbons (Fsp3) is 0.625. The number of pyridine rings is 2. The SMILES string of the molecule is CC1(C)CCc2cc([C@H](O)c3ccc(C(F)(F)F)nc3)c(C(C)(C)C3CCC=C3O[Si](C)(C)C(C)(C)C)nc2C1. The van der Waals surface area contributed by atoms with Crippen LogP contribution in [0.1, 0.15) is 108 Å². The first-order chi connectivity index (χ1) is 18.2. The predicted octanol–water partition coefficient (Wildman–Crippen LogP) is 8.69. The third-order valence-electron chi connectivity index (χ3n) is 9.43. The van der Waals surface area contributed by atoms with Gasteiger partial charge in [0, 0.05) is 34.4 Å². The van der Waals surface area contributed by atoms with E-state index in [2.05, 4.69) is 72.6 Å². The molecule has 8 heteroatoms. The molecule has 1 N–H and O–H groups in total. The zero-order chi connectivity index (χ0) is 29.9. The fourth-order valence-corrected chi connectivity index (χ4v) is 6.87. The molecule has 2 aliphatic rings. The van der Waals surface area contributed by atoms with Crippen molar-refractivity contribution in [2.24, 2.45) is 11.3 Å². The van der Waals surface area contributed by atoms with Crippen molar-refractivity contribution in [1.82, 2.24) is 9.97 Å². The maximum Gasteiger partial charge on any atom is 0.433 e. The lowest BCUT2D eigenvalue weighted by Gasteiger charge is -2.42. The summed E-state index contributed by atoms with van der Waals surface area (Å²) in [5, 5.41) is 11.7. The molecule has 4 rings (SSSR count). The largest absolute Gasteiger partial charge is 0.547 e. The van der Waals surface area contributed by atoms with Crippen molar-refractivity contribution in [2.45, 2.75) is 116 Å². The van der Waals surface area contributed by atoms with Crippen molar-refractivity contribution >= 4 is 8.32 Å². The van der Waals surface area contributed by atoms with Crippen molar-refractivity contribution < 1.29 is 22.7 Å². The van der Waals surface area contributed by atoms with Crippen molar-refractivity contribution in [2.75, 3.05) is 0 Å². The maximum atomic E-state index is 13.2. The molecule has 220 valence electrons. The maximum absolute atomic E-state index is 13.2. The van der Waals surface area contributed by atoms with Gasteiger partial charge in [-0.25, -0.2) is 0 Å². The first-order valence-corrected chi connectivity index (χ1v) is 17.3. The van der Waals surface area contributed by atoms with Gasteiger partial charge >= 0.3 is 6.18 Å². The highest BCUT2D eigenvalue weighted by Gasteiger charge is 2.46. The lowest BCUT2D eigenvalue weighted by molar-refractivity contribution is -0.141. The Morgan fingerprint density at radius 1 is 1.10 bits per heavy atom. The molecule has 0 fully saturated rings. The minimum Gasteiger partial charge on any atom is -0.547 e. The molecule has 0 aliphatic heterocycles. The van der Waals surface area contributed by atoms with Crippen LogP contribution in [0.4, 0.5) is 13.2 Å². The topological polar surface area (TPSA) is 55.2 Å². The summed E-state index contributed by atoms with van der Waals surface area (Å²) in [5.41, 5.74) is 2.57. The average Bonchev–Trinajstić information content (AvgIpc) is 3.29. The minimum atomic E-state index is -4.54. The normalized spacial score (nSPS) is 20.6. The van der Waals surface area contributed by atoms with Crippen LogP contribution in [-0.2, 0) is 28.9 Å². The minimum absolute atomic E-state index is 0.0533. The van der Waals surface area contributed by atoms with Gasteiger partial charge in [-0.2, -0.15) is 13.2 Å². The van der Waals surface area contributed by atoms with E-state index in [0.29, 0.717) is 11.1 Å². The van der Waals surface area contributed by atoms with Crippen LogP contribution in [0.3, 0.4) is 0 Å². The van der Waals surface area contributed by atoms with E-state index in [1.165, 1.54) is 6.07 Å². The van der Waals surface area contributed by atoms with E-state index < -0.39 is 31.7 Å². The van der Waals surface area contributed by atoms with Gasteiger partial charge in [0.2, 0.25) is 8.32 Å². The number of rotatable bonds is 6. The molecule has 0 radical (unpaired) electrons. The number of halogens is 3. The molecule has 40 heavy (non-hydrogen) atoms. The van der Waals surface area contributed by atoms with Gasteiger partial charge in [-0.05, 0) is 79.4 Å². The number of nitrogens with zero attached hydrogens (tertiary/aromatic N) is 2. The number of aliphatic hydroxyl groups is 1. The Bertz CT molecular complexity index is 1270. The number of alkyl halides is 3. The molecule has 4 nitrogen and oxygen atoms in total. The lowest BCUT2D eigenvalue weighted by atomic mass is 9.70. The Morgan fingerprint density at radius 2 is 1.77 bits per heavy atom. The molecule has 0 bridgehead atoms. The van der Waals surface area contributed by atoms with Crippen LogP contribution < -0.4 is 0 Å². The molecule has 0 saturated carbocycles. The standard InChI is InChI=1S/C32H45F3N2O2Si/c1-29(2,3)40(8,9)39-25-12-10-11-23(25)31(6,7)28-22(17-20-15-16-30(4,5)18-24(20)37-28)27(38)21-13-14-26(36-19-21)32(33,34)35/h12-14,17,19,23,27,38H,10-11,15-16,18H2,1-9H3/t23?,27-/m1/s1. The summed E-state index contributed by atoms with van der Waals surface area (Å²) < 4.78 is 46.4. The third-order valence-corrected chi connectivity index (χ3v) is 13.8. The average molecular weight is 575 g/mol. The Labute approximate surface area is 238 Å². The van der Waals surface area contributed by atoms with Crippen molar-refractivity contribution in [3.63, 3.8) is 0 Å². The van der Waals surface area contributed by atoms with E-state index in [0.717, 1.165) is 67.1 Å². The van der Waals surface area contributed by atoms with Crippen LogP contribution in [0, 0.1) is 11.3 Å². The van der Waals surface area contributed by atoms with Gasteiger partial charge in [0.05, 0.1) is 11.5 Å². The molecular formula is C32H45F3N2O2Si. The van der Waals surface area contributed by atoms with E-state index in [9.17, 15) is 18.3 Å². The smallest absolute Gasteiger partial charge is 0.433 e. The van der Waals surface area contributed by atoms with Crippen LogP contribution in [0.2, 0.25) is 18.1 Å². The van der Waals surface area contributed by atoms with Crippen LogP contribution in [0.15, 0.2) is 36.2 Å². The molecule has 2 aromatic rings. The fourth-order valence-electron chi connectivity index (χ4n) is 5.75. The molecule has 0 aromatic carbocycles. The van der Waals surface area contributed by atoms with Gasteiger partial charge in [-0.15, -0.1) is 0 Å². The van der Waals surface area contributed by atoms with Crippen molar-refractivity contribution in [3.05, 3.63) is 70.0 Å². The van der Waals surface area contributed by atoms with Crippen molar-refractivity contribution in [3.8, 4) is 0 Å². The number of hydrogen-bond acceptors (Lipinski definition) is 4. The molecule has 2 heterocycles. The first kappa shape index (κ1) is 30.8. The quantitative estimate of drug-likeness (QED) is 0.351. The Kier molecular flexibility index (Phi) is 7.89. The summed E-state index contributed by atoms with van der Waals surface area (Å²) in [5.74, 6) is 1.08. The van der Waals surface area contributed by atoms with Gasteiger partial charge in [-0.1, -0.05) is 54.5 Å². The van der Waals surface area contributed by atoms with Crippen LogP contribution in [0.5, 0.6) is 0 Å². The highest BCUT2D eigenvalue weighted by atomic mass is 28.4. The second-order valence-electron chi connectivity index (χ2n) is 14.6. The van der Waals surface area contributed by atoms with Gasteiger partial charge < -0.3 is 9.53 Å². The third kappa shape index (κ3) is 6.03. The summed E-state index contributed by atoms with van der Waals surface area (Å²) in [6.07, 6.45) is 2.20. The van der Waals surface area contributed by atoms with E-state index in [-0.39, 0.29) is 16.4 Å². The van der Waals surface area contributed by atoms with Crippen molar-refractivity contribution in [1.29, 1.82) is 0 Å². The van der Waals surface area contributed by atoms with E-state index in [4.69, 9.17) is 9.41 Å². The second kappa shape index (κ2) is 10.3. The van der Waals surface area contributed by atoms with E-state index in [1.807, 2.05) is 6.07 Å². The summed E-state index contributed by atoms with van der Waals surface area (Å²) in [4.78, 5) is 8.89. The Balaban J connectivity index is 1.79. The lowest BCUT2D eigenvalue weighted by Crippen LogP contribution is -2.43. The van der Waals surface area contributed by atoms with Gasteiger partial charge in [0.15, 0.2) is 0 Å². The summed E-state index contributed by atoms with van der Waals surface area (Å²) in [7, 11) is -2.08. The second-order valence-corrected chi connectivity index (χ2v) is 19.3. The summed E-state index contributed by atoms with van der Waals surface area (Å²) >= 11 is 0. The molecule has 2 atom stereocenters. The number of fused-ring (bicyclic) bond motifs is 1. The summed E-state index contributed by atoms with van der Waals surface area (Å²) in [6, 6.07) is 4.30. The monoisotopic (exact) mass is 574 g/mol. The van der Waals surface area contributed by atoms with Crippen LogP contribution in [-0.4, -0.2) is 23.4 Å². The van der Waals surface area contributed by atoms with Gasteiger partial charge in [0.25, 0.3) is 0 Å². The predicted molar refractivity (Wildman–Crippen MR) is 155 cm³/mol. The number of aliphatic hydroxyl groups excluding tert-OH is 1. The van der Waals surface area contributed by atoms with Gasteiger partial charge in [-0.3, -0.25) is 9.97 Å². The Hall–Kier alpha value is -2.19. The number of hydrogen-bond donors (Lipinski definition) is 1.